The summed E-state index contributed by atoms with van der Waals surface area (Å²) in [7, 11) is 0. The molecular formula is C22H23N7O3. The molecule has 2 aliphatic rings. The number of anilines is 2. The van der Waals surface area contributed by atoms with Gasteiger partial charge in [-0.3, -0.25) is 9.59 Å². The summed E-state index contributed by atoms with van der Waals surface area (Å²) in [6.07, 6.45) is 1.14. The van der Waals surface area contributed by atoms with E-state index in [1.807, 2.05) is 42.5 Å². The molecule has 0 unspecified atom stereocenters. The highest BCUT2D eigenvalue weighted by atomic mass is 16.5. The molecular weight excluding hydrogens is 410 g/mol. The van der Waals surface area contributed by atoms with Gasteiger partial charge < -0.3 is 19.9 Å². The van der Waals surface area contributed by atoms with Gasteiger partial charge in [-0.15, -0.1) is 0 Å². The number of rotatable bonds is 5. The lowest BCUT2D eigenvalue weighted by Crippen LogP contribution is -2.50. The van der Waals surface area contributed by atoms with E-state index in [1.54, 1.807) is 15.6 Å². The molecule has 1 N–H and O–H groups in total. The molecule has 10 nitrogen and oxygen atoms in total. The molecule has 0 saturated carbocycles. The Morgan fingerprint density at radius 2 is 1.84 bits per heavy atom. The van der Waals surface area contributed by atoms with Crippen LogP contribution in [0, 0.1) is 0 Å². The van der Waals surface area contributed by atoms with Gasteiger partial charge >= 0.3 is 0 Å². The maximum absolute atomic E-state index is 12.7. The van der Waals surface area contributed by atoms with Crippen LogP contribution in [0.5, 0.6) is 5.75 Å². The number of aromatic nitrogens is 4. The van der Waals surface area contributed by atoms with Crippen molar-refractivity contribution < 1.29 is 14.3 Å². The number of tetrazole rings is 1. The minimum absolute atomic E-state index is 0.0209. The third-order valence-electron chi connectivity index (χ3n) is 5.70. The fourth-order valence-corrected chi connectivity index (χ4v) is 3.96. The standard InChI is InChI=1S/C22H23N7O3/c30-20-9-6-16-14-18(7-8-19(16)23-20)32-15-21(31)27-10-12-28(13-11-27)22-24-25-26-29(22)17-4-2-1-3-5-17/h1-5,7-8,14H,6,9-13,15H2,(H,23,30). The number of nitrogens with one attached hydrogen (secondary N) is 1. The largest absolute Gasteiger partial charge is 0.484 e. The first-order valence-electron chi connectivity index (χ1n) is 10.6. The van der Waals surface area contributed by atoms with E-state index in [2.05, 4.69) is 25.7 Å². The van der Waals surface area contributed by atoms with Crippen LogP contribution in [-0.2, 0) is 16.0 Å². The third-order valence-corrected chi connectivity index (χ3v) is 5.70. The van der Waals surface area contributed by atoms with Crippen molar-refractivity contribution in [3.05, 3.63) is 54.1 Å². The van der Waals surface area contributed by atoms with Crippen molar-refractivity contribution in [1.82, 2.24) is 25.1 Å². The average Bonchev–Trinajstić information content (AvgIpc) is 3.33. The summed E-state index contributed by atoms with van der Waals surface area (Å²) in [5.41, 5.74) is 2.73. The second kappa shape index (κ2) is 8.66. The Bertz CT molecular complexity index is 1120. The Kier molecular flexibility index (Phi) is 5.40. The molecule has 164 valence electrons. The van der Waals surface area contributed by atoms with Gasteiger partial charge in [0.05, 0.1) is 5.69 Å². The van der Waals surface area contributed by atoms with Crippen LogP contribution < -0.4 is 15.0 Å². The lowest BCUT2D eigenvalue weighted by Gasteiger charge is -2.34. The zero-order valence-corrected chi connectivity index (χ0v) is 17.5. The molecule has 1 fully saturated rings. The quantitative estimate of drug-likeness (QED) is 0.646. The van der Waals surface area contributed by atoms with Gasteiger partial charge in [0, 0.05) is 38.3 Å². The summed E-state index contributed by atoms with van der Waals surface area (Å²) < 4.78 is 7.44. The number of benzene rings is 2. The molecule has 0 radical (unpaired) electrons. The monoisotopic (exact) mass is 433 g/mol. The van der Waals surface area contributed by atoms with Crippen LogP contribution in [0.3, 0.4) is 0 Å². The molecule has 2 amide bonds. The van der Waals surface area contributed by atoms with Gasteiger partial charge in [0.1, 0.15) is 5.75 Å². The SMILES string of the molecule is O=C1CCc2cc(OCC(=O)N3CCN(c4nnnn4-c4ccccc4)CC3)ccc2N1. The Labute approximate surface area is 184 Å². The fourth-order valence-electron chi connectivity index (χ4n) is 3.96. The van der Waals surface area contributed by atoms with Gasteiger partial charge in [0.2, 0.25) is 11.9 Å². The highest BCUT2D eigenvalue weighted by Crippen LogP contribution is 2.27. The number of aryl methyl sites for hydroxylation is 1. The number of carbonyl (C=O) groups excluding carboxylic acids is 2. The van der Waals surface area contributed by atoms with Crippen LogP contribution in [0.25, 0.3) is 5.69 Å². The minimum Gasteiger partial charge on any atom is -0.484 e. The van der Waals surface area contributed by atoms with Crippen LogP contribution in [0.2, 0.25) is 0 Å². The van der Waals surface area contributed by atoms with Crippen molar-refractivity contribution in [2.24, 2.45) is 0 Å². The summed E-state index contributed by atoms with van der Waals surface area (Å²) in [6, 6.07) is 15.2. The number of ether oxygens (including phenoxy) is 1. The van der Waals surface area contributed by atoms with Crippen molar-refractivity contribution >= 4 is 23.5 Å². The van der Waals surface area contributed by atoms with Crippen molar-refractivity contribution in [2.75, 3.05) is 43.0 Å². The lowest BCUT2D eigenvalue weighted by molar-refractivity contribution is -0.133. The van der Waals surface area contributed by atoms with E-state index in [4.69, 9.17) is 4.74 Å². The van der Waals surface area contributed by atoms with Crippen molar-refractivity contribution in [2.45, 2.75) is 12.8 Å². The van der Waals surface area contributed by atoms with E-state index in [0.717, 1.165) is 16.9 Å². The first-order valence-corrected chi connectivity index (χ1v) is 10.6. The summed E-state index contributed by atoms with van der Waals surface area (Å²) in [4.78, 5) is 28.0. The molecule has 2 aromatic carbocycles. The average molecular weight is 433 g/mol. The van der Waals surface area contributed by atoms with Gasteiger partial charge in [-0.2, -0.15) is 4.68 Å². The number of nitrogens with zero attached hydrogens (tertiary/aromatic N) is 6. The summed E-state index contributed by atoms with van der Waals surface area (Å²) in [6.45, 7) is 2.39. The molecule has 0 bridgehead atoms. The molecule has 10 heteroatoms. The molecule has 0 aliphatic carbocycles. The van der Waals surface area contributed by atoms with Crippen LogP contribution in [-0.4, -0.2) is 69.7 Å². The zero-order chi connectivity index (χ0) is 21.9. The van der Waals surface area contributed by atoms with Crippen LogP contribution >= 0.6 is 0 Å². The second-order valence-corrected chi connectivity index (χ2v) is 7.75. The molecule has 32 heavy (non-hydrogen) atoms. The molecule has 0 atom stereocenters. The molecule has 5 rings (SSSR count). The Balaban J connectivity index is 1.16. The van der Waals surface area contributed by atoms with Crippen LogP contribution in [0.15, 0.2) is 48.5 Å². The van der Waals surface area contributed by atoms with Crippen LogP contribution in [0.1, 0.15) is 12.0 Å². The van der Waals surface area contributed by atoms with Crippen molar-refractivity contribution in [3.8, 4) is 11.4 Å². The number of hydrogen-bond donors (Lipinski definition) is 1. The number of para-hydroxylation sites is 1. The smallest absolute Gasteiger partial charge is 0.260 e. The summed E-state index contributed by atoms with van der Waals surface area (Å²) in [5.74, 6) is 1.27. The van der Waals surface area contributed by atoms with Gasteiger partial charge in [0.25, 0.3) is 5.91 Å². The van der Waals surface area contributed by atoms with Gasteiger partial charge in [0.15, 0.2) is 6.61 Å². The third kappa shape index (κ3) is 4.11. The van der Waals surface area contributed by atoms with Crippen molar-refractivity contribution in [3.63, 3.8) is 0 Å². The molecule has 1 aromatic heterocycles. The lowest BCUT2D eigenvalue weighted by atomic mass is 10.0. The van der Waals surface area contributed by atoms with Gasteiger partial charge in [-0.05, 0) is 52.7 Å². The van der Waals surface area contributed by atoms with E-state index in [-0.39, 0.29) is 18.4 Å². The second-order valence-electron chi connectivity index (χ2n) is 7.75. The number of fused-ring (bicyclic) bond motifs is 1. The topological polar surface area (TPSA) is 105 Å². The summed E-state index contributed by atoms with van der Waals surface area (Å²) >= 11 is 0. The highest BCUT2D eigenvalue weighted by Gasteiger charge is 2.25. The predicted octanol–water partition coefficient (Wildman–Crippen LogP) is 1.27. The van der Waals surface area contributed by atoms with E-state index in [9.17, 15) is 9.59 Å². The fraction of sp³-hybridized carbons (Fsp3) is 0.318. The minimum atomic E-state index is -0.0571. The Morgan fingerprint density at radius 3 is 2.66 bits per heavy atom. The normalized spacial score (nSPS) is 15.8. The number of amides is 2. The first-order chi connectivity index (χ1) is 15.7. The number of hydrogen-bond acceptors (Lipinski definition) is 7. The van der Waals surface area contributed by atoms with Gasteiger partial charge in [-0.1, -0.05) is 23.3 Å². The van der Waals surface area contributed by atoms with E-state index in [1.165, 1.54) is 0 Å². The molecule has 3 aromatic rings. The molecule has 3 heterocycles. The maximum atomic E-state index is 12.7. The highest BCUT2D eigenvalue weighted by molar-refractivity contribution is 5.94. The predicted molar refractivity (Wildman–Crippen MR) is 117 cm³/mol. The van der Waals surface area contributed by atoms with E-state index >= 15 is 0 Å². The van der Waals surface area contributed by atoms with Gasteiger partial charge in [-0.25, -0.2) is 0 Å². The van der Waals surface area contributed by atoms with Crippen molar-refractivity contribution in [1.29, 1.82) is 0 Å². The maximum Gasteiger partial charge on any atom is 0.260 e. The number of piperazine rings is 1. The van der Waals surface area contributed by atoms with E-state index in [0.29, 0.717) is 50.7 Å². The first kappa shape index (κ1) is 20.0. The number of carbonyl (C=O) groups is 2. The Hall–Kier alpha value is -3.95. The zero-order valence-electron chi connectivity index (χ0n) is 17.5. The molecule has 2 aliphatic heterocycles. The summed E-state index contributed by atoms with van der Waals surface area (Å²) in [5, 5.41) is 14.9. The van der Waals surface area contributed by atoms with Crippen LogP contribution in [0.4, 0.5) is 11.6 Å². The Morgan fingerprint density at radius 1 is 1.03 bits per heavy atom. The molecule has 1 saturated heterocycles. The van der Waals surface area contributed by atoms with E-state index < -0.39 is 0 Å². The molecule has 0 spiro atoms.